The largest absolute Gasteiger partial charge is 0.465 e. The van der Waals surface area contributed by atoms with Gasteiger partial charge in [-0.3, -0.25) is 0 Å². The number of esters is 1. The third-order valence-electron chi connectivity index (χ3n) is 1.43. The van der Waals surface area contributed by atoms with Gasteiger partial charge in [0.15, 0.2) is 5.82 Å². The summed E-state index contributed by atoms with van der Waals surface area (Å²) in [5, 5.41) is 0. The minimum absolute atomic E-state index is 0.0301. The van der Waals surface area contributed by atoms with E-state index in [1.165, 1.54) is 7.11 Å². The number of hydrogen-bond acceptors (Lipinski definition) is 2. The van der Waals surface area contributed by atoms with Crippen molar-refractivity contribution in [2.45, 2.75) is 0 Å². The Morgan fingerprint density at radius 3 is 2.77 bits per heavy atom. The molecule has 0 saturated carbocycles. The Kier molecular flexibility index (Phi) is 3.66. The number of carbonyl (C=O) groups is 1. The van der Waals surface area contributed by atoms with Crippen LogP contribution in [-0.2, 0) is 4.74 Å². The number of carbonyl (C=O) groups excluding carboxylic acids is 1. The molecule has 0 saturated heterocycles. The number of benzene rings is 1. The topological polar surface area (TPSA) is 26.3 Å². The first-order valence-corrected chi connectivity index (χ1v) is 5.17. The maximum absolute atomic E-state index is 13.3. The van der Waals surface area contributed by atoms with Gasteiger partial charge in [0.05, 0.1) is 11.6 Å². The van der Waals surface area contributed by atoms with Crippen LogP contribution in [0.5, 0.6) is 0 Å². The monoisotopic (exact) mass is 358 g/mol. The van der Waals surface area contributed by atoms with Crippen molar-refractivity contribution >= 4 is 44.5 Å². The number of halogens is 3. The number of methoxy groups -OCH3 is 1. The summed E-state index contributed by atoms with van der Waals surface area (Å²) in [5.74, 6) is -1.25. The highest BCUT2D eigenvalue weighted by atomic mass is 127. The first kappa shape index (κ1) is 10.9. The van der Waals surface area contributed by atoms with E-state index in [1.54, 1.807) is 12.1 Å². The van der Waals surface area contributed by atoms with Crippen molar-refractivity contribution in [2.75, 3.05) is 7.11 Å². The van der Waals surface area contributed by atoms with Crippen LogP contribution in [0.15, 0.2) is 16.6 Å². The molecule has 0 aliphatic rings. The van der Waals surface area contributed by atoms with Crippen molar-refractivity contribution in [3.8, 4) is 0 Å². The van der Waals surface area contributed by atoms with E-state index >= 15 is 0 Å². The maximum atomic E-state index is 13.3. The van der Waals surface area contributed by atoms with Gasteiger partial charge in [-0.1, -0.05) is 0 Å². The lowest BCUT2D eigenvalue weighted by Gasteiger charge is -2.04. The van der Waals surface area contributed by atoms with Crippen molar-refractivity contribution in [1.82, 2.24) is 0 Å². The normalized spacial score (nSPS) is 9.85. The van der Waals surface area contributed by atoms with Gasteiger partial charge in [-0.2, -0.15) is 0 Å². The number of hydrogen-bond donors (Lipinski definition) is 0. The molecule has 0 amide bonds. The quantitative estimate of drug-likeness (QED) is 0.438. The van der Waals surface area contributed by atoms with Gasteiger partial charge in [0, 0.05) is 3.57 Å². The molecule has 5 heteroatoms. The summed E-state index contributed by atoms with van der Waals surface area (Å²) in [6.07, 6.45) is 0. The zero-order valence-corrected chi connectivity index (χ0v) is 10.3. The summed E-state index contributed by atoms with van der Waals surface area (Å²) >= 11 is 4.87. The smallest absolute Gasteiger partial charge is 0.341 e. The highest BCUT2D eigenvalue weighted by Gasteiger charge is 2.18. The average Bonchev–Trinajstić information content (AvgIpc) is 2.12. The summed E-state index contributed by atoms with van der Waals surface area (Å²) in [7, 11) is 1.22. The van der Waals surface area contributed by atoms with E-state index in [4.69, 9.17) is 0 Å². The molecule has 0 fully saturated rings. The Balaban J connectivity index is 3.33. The first-order chi connectivity index (χ1) is 6.07. The van der Waals surface area contributed by atoms with Gasteiger partial charge >= 0.3 is 5.97 Å². The molecule has 0 unspecified atom stereocenters. The van der Waals surface area contributed by atoms with Crippen LogP contribution in [0.2, 0.25) is 0 Å². The van der Waals surface area contributed by atoms with Crippen molar-refractivity contribution in [3.63, 3.8) is 0 Å². The second-order valence-electron chi connectivity index (χ2n) is 2.21. The second kappa shape index (κ2) is 4.36. The molecule has 0 radical (unpaired) electrons. The Morgan fingerprint density at radius 2 is 2.23 bits per heavy atom. The van der Waals surface area contributed by atoms with Crippen LogP contribution in [0.1, 0.15) is 10.4 Å². The Labute approximate surface area is 96.7 Å². The van der Waals surface area contributed by atoms with Crippen molar-refractivity contribution in [1.29, 1.82) is 0 Å². The van der Waals surface area contributed by atoms with Crippen LogP contribution in [0.4, 0.5) is 4.39 Å². The molecule has 0 N–H and O–H groups in total. The summed E-state index contributed by atoms with van der Waals surface area (Å²) in [6, 6.07) is 3.18. The summed E-state index contributed by atoms with van der Waals surface area (Å²) < 4.78 is 18.6. The fourth-order valence-corrected chi connectivity index (χ4v) is 1.78. The maximum Gasteiger partial charge on any atom is 0.341 e. The zero-order valence-electron chi connectivity index (χ0n) is 6.61. The van der Waals surface area contributed by atoms with Gasteiger partial charge < -0.3 is 4.74 Å². The molecule has 0 atom stereocenters. The second-order valence-corrected chi connectivity index (χ2v) is 4.23. The van der Waals surface area contributed by atoms with E-state index in [9.17, 15) is 9.18 Å². The molecule has 0 heterocycles. The van der Waals surface area contributed by atoms with E-state index in [-0.39, 0.29) is 10.0 Å². The lowest BCUT2D eigenvalue weighted by Crippen LogP contribution is -2.07. The van der Waals surface area contributed by atoms with Crippen LogP contribution in [0, 0.1) is 9.39 Å². The Morgan fingerprint density at radius 1 is 1.62 bits per heavy atom. The zero-order chi connectivity index (χ0) is 10.0. The van der Waals surface area contributed by atoms with Crippen LogP contribution in [-0.4, -0.2) is 13.1 Å². The molecule has 13 heavy (non-hydrogen) atoms. The summed E-state index contributed by atoms with van der Waals surface area (Å²) in [4.78, 5) is 11.1. The van der Waals surface area contributed by atoms with Crippen LogP contribution >= 0.6 is 38.5 Å². The van der Waals surface area contributed by atoms with Gasteiger partial charge in [-0.25, -0.2) is 9.18 Å². The minimum atomic E-state index is -0.664. The van der Waals surface area contributed by atoms with Gasteiger partial charge in [-0.15, -0.1) is 0 Å². The third-order valence-corrected chi connectivity index (χ3v) is 2.94. The van der Waals surface area contributed by atoms with Gasteiger partial charge in [0.1, 0.15) is 5.56 Å². The lowest BCUT2D eigenvalue weighted by atomic mass is 10.2. The average molecular weight is 359 g/mol. The SMILES string of the molecule is COC(=O)c1c(I)ccc(Br)c1F. The highest BCUT2D eigenvalue weighted by Crippen LogP contribution is 2.24. The van der Waals surface area contributed by atoms with E-state index in [0.717, 1.165) is 0 Å². The van der Waals surface area contributed by atoms with E-state index in [1.807, 2.05) is 22.6 Å². The molecule has 1 aromatic carbocycles. The molecule has 1 aromatic rings. The summed E-state index contributed by atoms with van der Waals surface area (Å²) in [5.41, 5.74) is -0.0301. The van der Waals surface area contributed by atoms with Gasteiger partial charge in [0.2, 0.25) is 0 Å². The molecule has 0 aliphatic heterocycles. The number of ether oxygens (including phenoxy) is 1. The Hall–Kier alpha value is -0.170. The van der Waals surface area contributed by atoms with E-state index in [2.05, 4.69) is 20.7 Å². The van der Waals surface area contributed by atoms with Crippen molar-refractivity contribution in [2.24, 2.45) is 0 Å². The molecule has 70 valence electrons. The third kappa shape index (κ3) is 2.19. The van der Waals surface area contributed by atoms with Crippen LogP contribution in [0.3, 0.4) is 0 Å². The molecule has 1 rings (SSSR count). The fourth-order valence-electron chi connectivity index (χ4n) is 0.816. The first-order valence-electron chi connectivity index (χ1n) is 3.29. The van der Waals surface area contributed by atoms with E-state index in [0.29, 0.717) is 3.57 Å². The van der Waals surface area contributed by atoms with Crippen LogP contribution < -0.4 is 0 Å². The number of rotatable bonds is 1. The molecule has 0 aliphatic carbocycles. The van der Waals surface area contributed by atoms with Gasteiger partial charge in [0.25, 0.3) is 0 Å². The van der Waals surface area contributed by atoms with E-state index < -0.39 is 11.8 Å². The lowest BCUT2D eigenvalue weighted by molar-refractivity contribution is 0.0594. The summed E-state index contributed by atoms with van der Waals surface area (Å²) in [6.45, 7) is 0. The highest BCUT2D eigenvalue weighted by molar-refractivity contribution is 14.1. The van der Waals surface area contributed by atoms with Gasteiger partial charge in [-0.05, 0) is 50.7 Å². The predicted molar refractivity (Wildman–Crippen MR) is 58.2 cm³/mol. The Bertz CT molecular complexity index is 354. The predicted octanol–water partition coefficient (Wildman–Crippen LogP) is 2.98. The fraction of sp³-hybridized carbons (Fsp3) is 0.125. The molecular formula is C8H5BrFIO2. The molecule has 0 bridgehead atoms. The molecule has 0 aromatic heterocycles. The van der Waals surface area contributed by atoms with Crippen molar-refractivity contribution < 1.29 is 13.9 Å². The molecule has 0 spiro atoms. The van der Waals surface area contributed by atoms with Crippen molar-refractivity contribution in [3.05, 3.63) is 31.6 Å². The molecule has 2 nitrogen and oxygen atoms in total. The van der Waals surface area contributed by atoms with Crippen LogP contribution in [0.25, 0.3) is 0 Å². The standard InChI is InChI=1S/C8H5BrFIO2/c1-13-8(12)6-5(11)3-2-4(9)7(6)10/h2-3H,1H3. The molecular weight excluding hydrogens is 354 g/mol. The minimum Gasteiger partial charge on any atom is -0.465 e.